The van der Waals surface area contributed by atoms with Gasteiger partial charge in [-0.1, -0.05) is 26.0 Å². The van der Waals surface area contributed by atoms with Crippen LogP contribution in [0, 0.1) is 12.8 Å². The van der Waals surface area contributed by atoms with Gasteiger partial charge in [-0.05, 0) is 24.5 Å². The Bertz CT molecular complexity index is 307. The Morgan fingerprint density at radius 3 is 2.43 bits per heavy atom. The van der Waals surface area contributed by atoms with Crippen LogP contribution in [0.2, 0.25) is 0 Å². The zero-order valence-electron chi connectivity index (χ0n) is 9.37. The highest BCUT2D eigenvalue weighted by Crippen LogP contribution is 2.28. The van der Waals surface area contributed by atoms with Crippen LogP contribution in [-0.4, -0.2) is 7.11 Å². The molecule has 0 radical (unpaired) electrons. The maximum absolute atomic E-state index is 6.08. The second-order valence-corrected chi connectivity index (χ2v) is 4.02. The fourth-order valence-corrected chi connectivity index (χ4v) is 1.45. The van der Waals surface area contributed by atoms with Gasteiger partial charge < -0.3 is 10.5 Å². The highest BCUT2D eigenvalue weighted by Gasteiger charge is 2.14. The van der Waals surface area contributed by atoms with Gasteiger partial charge in [-0.25, -0.2) is 0 Å². The van der Waals surface area contributed by atoms with Crippen LogP contribution in [-0.2, 0) is 0 Å². The molecule has 1 aromatic rings. The predicted molar refractivity (Wildman–Crippen MR) is 59.5 cm³/mol. The van der Waals surface area contributed by atoms with Gasteiger partial charge in [0.1, 0.15) is 5.75 Å². The minimum Gasteiger partial charge on any atom is -0.496 e. The molecule has 0 fully saturated rings. The quantitative estimate of drug-likeness (QED) is 0.801. The Morgan fingerprint density at radius 2 is 1.93 bits per heavy atom. The molecule has 2 nitrogen and oxygen atoms in total. The Morgan fingerprint density at radius 1 is 1.29 bits per heavy atom. The fraction of sp³-hybridized carbons (Fsp3) is 0.500. The molecule has 1 atom stereocenters. The topological polar surface area (TPSA) is 35.2 Å². The van der Waals surface area contributed by atoms with Gasteiger partial charge in [0.05, 0.1) is 7.11 Å². The van der Waals surface area contributed by atoms with Crippen molar-refractivity contribution in [1.82, 2.24) is 0 Å². The first-order chi connectivity index (χ1) is 6.56. The number of aryl methyl sites for hydroxylation is 1. The van der Waals surface area contributed by atoms with Gasteiger partial charge in [0.2, 0.25) is 0 Å². The van der Waals surface area contributed by atoms with Gasteiger partial charge in [-0.3, -0.25) is 0 Å². The van der Waals surface area contributed by atoms with E-state index in [1.807, 2.05) is 13.0 Å². The summed E-state index contributed by atoms with van der Waals surface area (Å²) < 4.78 is 5.32. The summed E-state index contributed by atoms with van der Waals surface area (Å²) in [6.07, 6.45) is 0. The molecule has 0 aliphatic heterocycles. The van der Waals surface area contributed by atoms with Crippen LogP contribution in [0.4, 0.5) is 0 Å². The molecule has 0 spiro atoms. The molecule has 0 aliphatic carbocycles. The largest absolute Gasteiger partial charge is 0.496 e. The smallest absolute Gasteiger partial charge is 0.123 e. The Balaban J connectivity index is 3.07. The van der Waals surface area contributed by atoms with Crippen molar-refractivity contribution in [3.05, 3.63) is 29.3 Å². The average molecular weight is 193 g/mol. The third kappa shape index (κ3) is 2.26. The minimum absolute atomic E-state index is 0.0468. The van der Waals surface area contributed by atoms with Gasteiger partial charge in [0.15, 0.2) is 0 Å². The van der Waals surface area contributed by atoms with Crippen LogP contribution in [0.5, 0.6) is 5.75 Å². The van der Waals surface area contributed by atoms with Crippen molar-refractivity contribution in [3.8, 4) is 5.75 Å². The molecule has 0 aromatic heterocycles. The molecular weight excluding hydrogens is 174 g/mol. The van der Waals surface area contributed by atoms with Crippen LogP contribution >= 0.6 is 0 Å². The molecule has 14 heavy (non-hydrogen) atoms. The second kappa shape index (κ2) is 4.47. The molecule has 0 aliphatic rings. The summed E-state index contributed by atoms with van der Waals surface area (Å²) in [5.41, 5.74) is 8.37. The van der Waals surface area contributed by atoms with Crippen LogP contribution in [0.25, 0.3) is 0 Å². The van der Waals surface area contributed by atoms with E-state index in [1.165, 1.54) is 5.56 Å². The summed E-state index contributed by atoms with van der Waals surface area (Å²) in [6.45, 7) is 6.28. The molecular formula is C12H19NO. The number of ether oxygens (including phenoxy) is 1. The van der Waals surface area contributed by atoms with Crippen molar-refractivity contribution in [1.29, 1.82) is 0 Å². The van der Waals surface area contributed by atoms with Crippen molar-refractivity contribution in [2.45, 2.75) is 26.8 Å². The van der Waals surface area contributed by atoms with Crippen molar-refractivity contribution in [3.63, 3.8) is 0 Å². The zero-order chi connectivity index (χ0) is 10.7. The summed E-state index contributed by atoms with van der Waals surface area (Å²) in [5, 5.41) is 0. The first-order valence-corrected chi connectivity index (χ1v) is 4.96. The lowest BCUT2D eigenvalue weighted by Gasteiger charge is -2.19. The fourth-order valence-electron chi connectivity index (χ4n) is 1.45. The molecule has 0 unspecified atom stereocenters. The zero-order valence-corrected chi connectivity index (χ0v) is 9.37. The standard InChI is InChI=1S/C12H19NO/c1-8(2)12(13)10-6-5-9(3)7-11(10)14-4/h5-8,12H,13H2,1-4H3/t12-/m0/s1. The highest BCUT2D eigenvalue weighted by molar-refractivity contribution is 5.39. The van der Waals surface area contributed by atoms with Gasteiger partial charge >= 0.3 is 0 Å². The van der Waals surface area contributed by atoms with E-state index < -0.39 is 0 Å². The molecule has 0 bridgehead atoms. The van der Waals surface area contributed by atoms with E-state index >= 15 is 0 Å². The van der Waals surface area contributed by atoms with Crippen LogP contribution in [0.1, 0.15) is 31.0 Å². The minimum atomic E-state index is 0.0468. The van der Waals surface area contributed by atoms with E-state index in [-0.39, 0.29) is 6.04 Å². The molecule has 0 heterocycles. The first kappa shape index (κ1) is 11.1. The summed E-state index contributed by atoms with van der Waals surface area (Å²) >= 11 is 0. The Labute approximate surface area is 86.1 Å². The first-order valence-electron chi connectivity index (χ1n) is 4.96. The normalized spacial score (nSPS) is 13.0. The molecule has 0 saturated heterocycles. The predicted octanol–water partition coefficient (Wildman–Crippen LogP) is 2.66. The SMILES string of the molecule is COc1cc(C)ccc1[C@@H](N)C(C)C. The number of methoxy groups -OCH3 is 1. The van der Waals surface area contributed by atoms with Crippen molar-refractivity contribution >= 4 is 0 Å². The number of hydrogen-bond acceptors (Lipinski definition) is 2. The van der Waals surface area contributed by atoms with Gasteiger partial charge in [0.25, 0.3) is 0 Å². The van der Waals surface area contributed by atoms with Gasteiger partial charge in [-0.15, -0.1) is 0 Å². The molecule has 0 amide bonds. The number of rotatable bonds is 3. The number of nitrogens with two attached hydrogens (primary N) is 1. The molecule has 2 N–H and O–H groups in total. The molecule has 78 valence electrons. The van der Waals surface area contributed by atoms with Crippen molar-refractivity contribution < 1.29 is 4.74 Å². The third-order valence-corrected chi connectivity index (χ3v) is 2.47. The van der Waals surface area contributed by atoms with Crippen LogP contribution in [0.15, 0.2) is 18.2 Å². The molecule has 1 aromatic carbocycles. The summed E-state index contributed by atoms with van der Waals surface area (Å²) in [5.74, 6) is 1.32. The number of hydrogen-bond donors (Lipinski definition) is 1. The summed E-state index contributed by atoms with van der Waals surface area (Å²) in [7, 11) is 1.69. The molecule has 2 heteroatoms. The second-order valence-electron chi connectivity index (χ2n) is 4.02. The van der Waals surface area contributed by atoms with E-state index in [4.69, 9.17) is 10.5 Å². The van der Waals surface area contributed by atoms with Gasteiger partial charge in [-0.2, -0.15) is 0 Å². The average Bonchev–Trinajstić information content (AvgIpc) is 2.16. The third-order valence-electron chi connectivity index (χ3n) is 2.47. The van der Waals surface area contributed by atoms with Crippen molar-refractivity contribution in [2.75, 3.05) is 7.11 Å². The lowest BCUT2D eigenvalue weighted by molar-refractivity contribution is 0.396. The maximum Gasteiger partial charge on any atom is 0.123 e. The summed E-state index contributed by atoms with van der Waals surface area (Å²) in [4.78, 5) is 0. The highest BCUT2D eigenvalue weighted by atomic mass is 16.5. The van der Waals surface area contributed by atoms with Crippen LogP contribution < -0.4 is 10.5 Å². The van der Waals surface area contributed by atoms with E-state index in [9.17, 15) is 0 Å². The lowest BCUT2D eigenvalue weighted by atomic mass is 9.95. The van der Waals surface area contributed by atoms with Crippen LogP contribution in [0.3, 0.4) is 0 Å². The van der Waals surface area contributed by atoms with Gasteiger partial charge in [0, 0.05) is 11.6 Å². The summed E-state index contributed by atoms with van der Waals surface area (Å²) in [6, 6.07) is 6.20. The Hall–Kier alpha value is -1.02. The van der Waals surface area contributed by atoms with E-state index in [0.29, 0.717) is 5.92 Å². The lowest BCUT2D eigenvalue weighted by Crippen LogP contribution is -2.17. The maximum atomic E-state index is 6.08. The van der Waals surface area contributed by atoms with Crippen molar-refractivity contribution in [2.24, 2.45) is 11.7 Å². The molecule has 0 saturated carbocycles. The monoisotopic (exact) mass is 193 g/mol. The van der Waals surface area contributed by atoms with E-state index in [2.05, 4.69) is 26.0 Å². The Kier molecular flexibility index (Phi) is 3.53. The number of benzene rings is 1. The van der Waals surface area contributed by atoms with E-state index in [1.54, 1.807) is 7.11 Å². The van der Waals surface area contributed by atoms with E-state index in [0.717, 1.165) is 11.3 Å². The molecule has 1 rings (SSSR count).